The first-order chi connectivity index (χ1) is 12.0. The van der Waals surface area contributed by atoms with Gasteiger partial charge in [-0.2, -0.15) is 0 Å². The fourth-order valence-corrected chi connectivity index (χ4v) is 2.99. The Bertz CT molecular complexity index is 814. The molecule has 1 heterocycles. The number of halogens is 3. The average Bonchev–Trinajstić information content (AvgIpc) is 3.00. The van der Waals surface area contributed by atoms with Crippen LogP contribution in [0.5, 0.6) is 0 Å². The second-order valence-corrected chi connectivity index (χ2v) is 6.11. The summed E-state index contributed by atoms with van der Waals surface area (Å²) in [6.07, 6.45) is 0.347. The summed E-state index contributed by atoms with van der Waals surface area (Å²) in [5, 5.41) is 2.20. The Balaban J connectivity index is 1.67. The van der Waals surface area contributed by atoms with E-state index in [0.717, 1.165) is 17.8 Å². The van der Waals surface area contributed by atoms with Gasteiger partial charge in [0, 0.05) is 24.3 Å². The van der Waals surface area contributed by atoms with Crippen LogP contribution in [0.1, 0.15) is 12.0 Å². The van der Waals surface area contributed by atoms with E-state index in [4.69, 9.17) is 11.6 Å². The summed E-state index contributed by atoms with van der Waals surface area (Å²) >= 11 is 5.62. The van der Waals surface area contributed by atoms with E-state index in [1.807, 2.05) is 6.07 Å². The molecule has 2 aromatic carbocycles. The van der Waals surface area contributed by atoms with Crippen molar-refractivity contribution in [2.75, 3.05) is 11.4 Å². The lowest BCUT2D eigenvalue weighted by atomic mass is 10.1. The molecule has 0 saturated carbocycles. The number of para-hydroxylation sites is 1. The third-order valence-corrected chi connectivity index (χ3v) is 4.46. The monoisotopic (exact) mass is 364 g/mol. The van der Waals surface area contributed by atoms with E-state index in [9.17, 15) is 18.4 Å². The van der Waals surface area contributed by atoms with E-state index in [1.165, 1.54) is 4.90 Å². The number of anilines is 1. The predicted molar refractivity (Wildman–Crippen MR) is 90.1 cm³/mol. The molecule has 0 radical (unpaired) electrons. The molecule has 0 aromatic heterocycles. The summed E-state index contributed by atoms with van der Waals surface area (Å²) in [5.41, 5.74) is 0.390. The van der Waals surface area contributed by atoms with Gasteiger partial charge in [0.25, 0.3) is 0 Å². The largest absolute Gasteiger partial charge is 0.351 e. The van der Waals surface area contributed by atoms with Crippen LogP contribution in [-0.2, 0) is 16.1 Å². The van der Waals surface area contributed by atoms with Crippen molar-refractivity contribution in [3.8, 4) is 0 Å². The highest BCUT2D eigenvalue weighted by Gasteiger charge is 2.37. The molecule has 7 heteroatoms. The van der Waals surface area contributed by atoms with Crippen molar-refractivity contribution >= 4 is 29.1 Å². The van der Waals surface area contributed by atoms with Gasteiger partial charge in [-0.3, -0.25) is 9.59 Å². The van der Waals surface area contributed by atoms with Crippen LogP contribution in [0.15, 0.2) is 42.5 Å². The molecule has 1 fully saturated rings. The molecule has 2 aromatic rings. The van der Waals surface area contributed by atoms with Gasteiger partial charge in [-0.1, -0.05) is 29.8 Å². The summed E-state index contributed by atoms with van der Waals surface area (Å²) in [5.74, 6) is -3.46. The summed E-state index contributed by atoms with van der Waals surface area (Å²) in [7, 11) is 0. The molecule has 0 bridgehead atoms. The van der Waals surface area contributed by atoms with Gasteiger partial charge in [0.1, 0.15) is 17.6 Å². The molecule has 130 valence electrons. The van der Waals surface area contributed by atoms with Crippen LogP contribution >= 0.6 is 11.6 Å². The van der Waals surface area contributed by atoms with Crippen molar-refractivity contribution in [2.45, 2.75) is 13.0 Å². The van der Waals surface area contributed by atoms with E-state index >= 15 is 0 Å². The van der Waals surface area contributed by atoms with E-state index < -0.39 is 23.5 Å². The first-order valence-corrected chi connectivity index (χ1v) is 8.13. The molecule has 1 saturated heterocycles. The molecule has 3 rings (SSSR count). The highest BCUT2D eigenvalue weighted by molar-refractivity contribution is 6.30. The van der Waals surface area contributed by atoms with Gasteiger partial charge in [0.2, 0.25) is 11.8 Å². The van der Waals surface area contributed by atoms with Crippen LogP contribution in [0.4, 0.5) is 14.5 Å². The molecule has 2 amide bonds. The number of hydrogen-bond donors (Lipinski definition) is 1. The van der Waals surface area contributed by atoms with Gasteiger partial charge in [-0.05, 0) is 30.7 Å². The first-order valence-electron chi connectivity index (χ1n) is 7.75. The highest BCUT2D eigenvalue weighted by Crippen LogP contribution is 2.25. The topological polar surface area (TPSA) is 49.4 Å². The van der Waals surface area contributed by atoms with Crippen molar-refractivity contribution in [2.24, 2.45) is 5.92 Å². The maximum absolute atomic E-state index is 13.9. The zero-order valence-corrected chi connectivity index (χ0v) is 13.9. The van der Waals surface area contributed by atoms with E-state index in [1.54, 1.807) is 24.3 Å². The Labute approximate surface area is 148 Å². The van der Waals surface area contributed by atoms with Gasteiger partial charge in [-0.15, -0.1) is 0 Å². The fraction of sp³-hybridized carbons (Fsp3) is 0.222. The fourth-order valence-electron chi connectivity index (χ4n) is 2.82. The molecular weight excluding hydrogens is 350 g/mol. The summed E-state index contributed by atoms with van der Waals surface area (Å²) < 4.78 is 27.5. The molecule has 0 spiro atoms. The maximum atomic E-state index is 13.9. The highest BCUT2D eigenvalue weighted by atomic mass is 35.5. The average molecular weight is 365 g/mol. The van der Waals surface area contributed by atoms with Gasteiger partial charge in [0.15, 0.2) is 0 Å². The number of hydrogen-bond acceptors (Lipinski definition) is 2. The second-order valence-electron chi connectivity index (χ2n) is 5.71. The molecule has 0 aliphatic carbocycles. The number of nitrogens with zero attached hydrogens (tertiary/aromatic N) is 1. The number of carbonyl (C=O) groups is 2. The van der Waals surface area contributed by atoms with Gasteiger partial charge in [0.05, 0.1) is 5.02 Å². The summed E-state index contributed by atoms with van der Waals surface area (Å²) in [4.78, 5) is 26.3. The Morgan fingerprint density at radius 2 is 1.92 bits per heavy atom. The second kappa shape index (κ2) is 7.19. The van der Waals surface area contributed by atoms with Crippen molar-refractivity contribution in [1.29, 1.82) is 0 Å². The van der Waals surface area contributed by atoms with Crippen LogP contribution in [-0.4, -0.2) is 18.4 Å². The number of amides is 2. The van der Waals surface area contributed by atoms with Crippen molar-refractivity contribution < 1.29 is 18.4 Å². The van der Waals surface area contributed by atoms with Gasteiger partial charge in [-0.25, -0.2) is 8.78 Å². The minimum Gasteiger partial charge on any atom is -0.351 e. The summed E-state index contributed by atoms with van der Waals surface area (Å²) in [6.45, 7) is 0.0486. The van der Waals surface area contributed by atoms with Crippen LogP contribution < -0.4 is 10.2 Å². The lowest BCUT2D eigenvalue weighted by Crippen LogP contribution is -2.36. The molecule has 1 aliphatic heterocycles. The quantitative estimate of drug-likeness (QED) is 0.668. The molecule has 4 nitrogen and oxygen atoms in total. The zero-order valence-electron chi connectivity index (χ0n) is 13.1. The van der Waals surface area contributed by atoms with E-state index in [0.29, 0.717) is 13.0 Å². The molecule has 25 heavy (non-hydrogen) atoms. The van der Waals surface area contributed by atoms with E-state index in [-0.39, 0.29) is 23.0 Å². The zero-order chi connectivity index (χ0) is 18.0. The van der Waals surface area contributed by atoms with Crippen LogP contribution in [0.25, 0.3) is 0 Å². The third kappa shape index (κ3) is 3.49. The standard InChI is InChI=1S/C18H15ClF2N2O2/c19-14-6-7-15(20)13(16(14)21)10-22-17(24)12-8-9-23(18(12)25)11-4-2-1-3-5-11/h1-7,12H,8-10H2,(H,22,24). The lowest BCUT2D eigenvalue weighted by Gasteiger charge is -2.16. The van der Waals surface area contributed by atoms with Crippen molar-refractivity contribution in [1.82, 2.24) is 5.32 Å². The smallest absolute Gasteiger partial charge is 0.239 e. The molecule has 1 unspecified atom stereocenters. The maximum Gasteiger partial charge on any atom is 0.239 e. The molecular formula is C18H15ClF2N2O2. The molecule has 1 aliphatic rings. The SMILES string of the molecule is O=C(NCc1c(F)ccc(Cl)c1F)C1CCN(c2ccccc2)C1=O. The number of nitrogens with one attached hydrogen (secondary N) is 1. The first kappa shape index (κ1) is 17.4. The molecule has 1 N–H and O–H groups in total. The van der Waals surface area contributed by atoms with Crippen LogP contribution in [0.3, 0.4) is 0 Å². The van der Waals surface area contributed by atoms with Crippen molar-refractivity contribution in [3.63, 3.8) is 0 Å². The van der Waals surface area contributed by atoms with Gasteiger partial charge >= 0.3 is 0 Å². The van der Waals surface area contributed by atoms with E-state index in [2.05, 4.69) is 5.32 Å². The molecule has 1 atom stereocenters. The lowest BCUT2D eigenvalue weighted by molar-refractivity contribution is -0.132. The van der Waals surface area contributed by atoms with Crippen molar-refractivity contribution in [3.05, 3.63) is 64.7 Å². The van der Waals surface area contributed by atoms with Gasteiger partial charge < -0.3 is 10.2 Å². The Morgan fingerprint density at radius 1 is 1.20 bits per heavy atom. The summed E-state index contributed by atoms with van der Waals surface area (Å²) in [6, 6.07) is 11.2. The predicted octanol–water partition coefficient (Wildman–Crippen LogP) is 3.29. The minimum absolute atomic E-state index is 0.224. The van der Waals surface area contributed by atoms with Crippen LogP contribution in [0, 0.1) is 17.6 Å². The number of carbonyl (C=O) groups excluding carboxylic acids is 2. The Morgan fingerprint density at radius 3 is 2.64 bits per heavy atom. The Kier molecular flexibility index (Phi) is 4.99. The minimum atomic E-state index is -0.911. The number of rotatable bonds is 4. The number of benzene rings is 2. The normalized spacial score (nSPS) is 17.0. The van der Waals surface area contributed by atoms with Crippen LogP contribution in [0.2, 0.25) is 5.02 Å². The third-order valence-electron chi connectivity index (χ3n) is 4.17. The Hall–Kier alpha value is -2.47.